The highest BCUT2D eigenvalue weighted by Gasteiger charge is 2.29. The van der Waals surface area contributed by atoms with Crippen molar-refractivity contribution in [3.05, 3.63) is 46.2 Å². The van der Waals surface area contributed by atoms with Crippen LogP contribution in [0.4, 0.5) is 4.79 Å². The molecule has 1 heterocycles. The number of carbonyl (C=O) groups is 1. The predicted molar refractivity (Wildman–Crippen MR) is 127 cm³/mol. The first-order valence-corrected chi connectivity index (χ1v) is 12.1. The van der Waals surface area contributed by atoms with Gasteiger partial charge in [-0.15, -0.1) is 16.1 Å². The van der Waals surface area contributed by atoms with Crippen LogP contribution in [0.1, 0.15) is 64.9 Å². The van der Waals surface area contributed by atoms with Crippen LogP contribution in [0, 0.1) is 0 Å². The molecule has 2 rings (SSSR count). The quantitative estimate of drug-likeness (QED) is 0.557. The van der Waals surface area contributed by atoms with Crippen LogP contribution >= 0.6 is 11.3 Å². The molecule has 0 bridgehead atoms. The van der Waals surface area contributed by atoms with E-state index >= 15 is 0 Å². The Hall–Kier alpha value is -1.54. The molecular weight excluding hydrogens is 416 g/mol. The Morgan fingerprint density at radius 1 is 1.23 bits per heavy atom. The van der Waals surface area contributed by atoms with E-state index in [-0.39, 0.29) is 16.9 Å². The van der Waals surface area contributed by atoms with Gasteiger partial charge in [-0.1, -0.05) is 24.3 Å². The SMILES string of the molecule is C[C@H](N[S+]([O-])C(C)(C)C)c1cc(-c2ccccc2CN(C)C(=O)OC(C)(C)C)cs1. The van der Waals surface area contributed by atoms with Gasteiger partial charge in [-0.3, -0.25) is 0 Å². The predicted octanol–water partition coefficient (Wildman–Crippen LogP) is 5.89. The van der Waals surface area contributed by atoms with Crippen molar-refractivity contribution in [1.82, 2.24) is 9.62 Å². The van der Waals surface area contributed by atoms with Crippen LogP contribution in [-0.2, 0) is 22.6 Å². The minimum Gasteiger partial charge on any atom is -0.598 e. The van der Waals surface area contributed by atoms with Gasteiger partial charge >= 0.3 is 6.09 Å². The van der Waals surface area contributed by atoms with Crippen molar-refractivity contribution in [2.24, 2.45) is 0 Å². The molecule has 0 spiro atoms. The van der Waals surface area contributed by atoms with Gasteiger partial charge in [0.2, 0.25) is 0 Å². The highest BCUT2D eigenvalue weighted by molar-refractivity contribution is 7.90. The van der Waals surface area contributed by atoms with Crippen molar-refractivity contribution in [3.63, 3.8) is 0 Å². The molecule has 0 fully saturated rings. The van der Waals surface area contributed by atoms with E-state index < -0.39 is 17.0 Å². The number of hydrogen-bond donors (Lipinski definition) is 1. The van der Waals surface area contributed by atoms with Crippen LogP contribution < -0.4 is 4.72 Å². The molecule has 0 aliphatic carbocycles. The number of carbonyl (C=O) groups excluding carboxylic acids is 1. The summed E-state index contributed by atoms with van der Waals surface area (Å²) in [6.07, 6.45) is -0.342. The molecule has 2 atom stereocenters. The number of ether oxygens (including phenoxy) is 1. The van der Waals surface area contributed by atoms with E-state index in [1.54, 1.807) is 23.3 Å². The van der Waals surface area contributed by atoms with Gasteiger partial charge in [-0.05, 0) is 76.6 Å². The molecule has 0 aliphatic heterocycles. The molecule has 0 radical (unpaired) electrons. The van der Waals surface area contributed by atoms with Crippen molar-refractivity contribution < 1.29 is 14.1 Å². The Kier molecular flexibility index (Phi) is 8.02. The van der Waals surface area contributed by atoms with E-state index in [9.17, 15) is 9.35 Å². The molecule has 2 aromatic rings. The van der Waals surface area contributed by atoms with Crippen LogP contribution in [0.25, 0.3) is 11.1 Å². The number of benzene rings is 1. The monoisotopic (exact) mass is 450 g/mol. The first-order chi connectivity index (χ1) is 13.8. The van der Waals surface area contributed by atoms with Gasteiger partial charge in [0.25, 0.3) is 0 Å². The third-order valence-corrected chi connectivity index (χ3v) is 7.12. The number of thiophene rings is 1. The smallest absolute Gasteiger partial charge is 0.410 e. The molecular formula is C23H34N2O3S2. The van der Waals surface area contributed by atoms with Crippen molar-refractivity contribution in [3.8, 4) is 11.1 Å². The van der Waals surface area contributed by atoms with Gasteiger partial charge in [-0.25, -0.2) is 4.79 Å². The molecule has 1 aromatic carbocycles. The lowest BCUT2D eigenvalue weighted by atomic mass is 10.0. The maximum Gasteiger partial charge on any atom is 0.410 e. The van der Waals surface area contributed by atoms with Crippen molar-refractivity contribution in [2.75, 3.05) is 7.05 Å². The molecule has 30 heavy (non-hydrogen) atoms. The second-order valence-corrected chi connectivity index (χ2v) is 12.4. The van der Waals surface area contributed by atoms with Gasteiger partial charge in [0.1, 0.15) is 10.3 Å². The topological polar surface area (TPSA) is 64.6 Å². The average Bonchev–Trinajstić information content (AvgIpc) is 3.09. The first-order valence-electron chi connectivity index (χ1n) is 10.1. The minimum atomic E-state index is -1.13. The molecule has 1 unspecified atom stereocenters. The summed E-state index contributed by atoms with van der Waals surface area (Å²) >= 11 is 0.514. The Balaban J connectivity index is 2.17. The summed E-state index contributed by atoms with van der Waals surface area (Å²) in [5.74, 6) is 0. The van der Waals surface area contributed by atoms with Gasteiger partial charge < -0.3 is 14.2 Å². The van der Waals surface area contributed by atoms with E-state index in [0.717, 1.165) is 21.6 Å². The minimum absolute atomic E-state index is 0.0135. The zero-order valence-corrected chi connectivity index (χ0v) is 20.9. The van der Waals surface area contributed by atoms with E-state index in [1.165, 1.54) is 0 Å². The number of amides is 1. The molecule has 1 N–H and O–H groups in total. The standard InChI is InChI=1S/C23H34N2O3S2/c1-16(24-30(27)23(5,6)7)20-13-18(15-29-20)19-12-10-9-11-17(19)14-25(8)21(26)28-22(2,3)4/h9-13,15-16,24H,14H2,1-8H3/t16-,30?/m0/s1. The number of nitrogens with zero attached hydrogens (tertiary/aromatic N) is 1. The zero-order chi connectivity index (χ0) is 22.7. The van der Waals surface area contributed by atoms with Crippen LogP contribution in [0.15, 0.2) is 35.7 Å². The summed E-state index contributed by atoms with van der Waals surface area (Å²) < 4.78 is 20.8. The van der Waals surface area contributed by atoms with Crippen LogP contribution in [0.5, 0.6) is 0 Å². The summed E-state index contributed by atoms with van der Waals surface area (Å²) in [7, 11) is 1.75. The lowest BCUT2D eigenvalue weighted by molar-refractivity contribution is 0.0285. The Labute approximate surface area is 188 Å². The lowest BCUT2D eigenvalue weighted by Crippen LogP contribution is -2.40. The molecule has 0 saturated carbocycles. The summed E-state index contributed by atoms with van der Waals surface area (Å²) in [6, 6.07) is 10.2. The van der Waals surface area contributed by atoms with Crippen LogP contribution in [0.3, 0.4) is 0 Å². The first kappa shape index (κ1) is 24.7. The Morgan fingerprint density at radius 2 is 1.87 bits per heavy atom. The largest absolute Gasteiger partial charge is 0.598 e. The molecule has 0 aliphatic rings. The normalized spacial score (nSPS) is 14.3. The number of rotatable bonds is 6. The fourth-order valence-electron chi connectivity index (χ4n) is 2.72. The van der Waals surface area contributed by atoms with E-state index in [2.05, 4.69) is 22.2 Å². The lowest BCUT2D eigenvalue weighted by Gasteiger charge is -2.26. The zero-order valence-electron chi connectivity index (χ0n) is 19.2. The molecule has 166 valence electrons. The highest BCUT2D eigenvalue weighted by Crippen LogP contribution is 2.32. The molecule has 1 amide bonds. The second kappa shape index (κ2) is 9.73. The van der Waals surface area contributed by atoms with Crippen LogP contribution in [0.2, 0.25) is 0 Å². The number of hydrogen-bond acceptors (Lipinski definition) is 5. The number of nitrogens with one attached hydrogen (secondary N) is 1. The van der Waals surface area contributed by atoms with Gasteiger partial charge in [0.15, 0.2) is 0 Å². The maximum atomic E-state index is 12.4. The van der Waals surface area contributed by atoms with E-state index in [4.69, 9.17) is 4.74 Å². The maximum absolute atomic E-state index is 12.4. The second-order valence-electron chi connectivity index (χ2n) is 9.45. The van der Waals surface area contributed by atoms with Gasteiger partial charge in [0, 0.05) is 29.8 Å². The fourth-order valence-corrected chi connectivity index (χ4v) is 4.51. The Morgan fingerprint density at radius 3 is 2.47 bits per heavy atom. The third-order valence-electron chi connectivity index (χ3n) is 4.33. The van der Waals surface area contributed by atoms with Gasteiger partial charge in [0.05, 0.1) is 6.04 Å². The van der Waals surface area contributed by atoms with Crippen LogP contribution in [-0.4, -0.2) is 32.9 Å². The van der Waals surface area contributed by atoms with Crippen molar-refractivity contribution >= 4 is 28.8 Å². The van der Waals surface area contributed by atoms with Crippen molar-refractivity contribution in [1.29, 1.82) is 0 Å². The summed E-state index contributed by atoms with van der Waals surface area (Å²) in [5.41, 5.74) is 2.70. The summed E-state index contributed by atoms with van der Waals surface area (Å²) in [6.45, 7) is 13.9. The van der Waals surface area contributed by atoms with Crippen molar-refractivity contribution in [2.45, 2.75) is 71.4 Å². The van der Waals surface area contributed by atoms with E-state index in [1.807, 2.05) is 66.7 Å². The molecule has 1 aromatic heterocycles. The Bertz CT molecular complexity index is 853. The molecule has 5 nitrogen and oxygen atoms in total. The third kappa shape index (κ3) is 7.01. The fraction of sp³-hybridized carbons (Fsp3) is 0.522. The molecule has 7 heteroatoms. The highest BCUT2D eigenvalue weighted by atomic mass is 32.2. The van der Waals surface area contributed by atoms with Gasteiger partial charge in [-0.2, -0.15) is 0 Å². The molecule has 0 saturated heterocycles. The summed E-state index contributed by atoms with van der Waals surface area (Å²) in [5, 5.41) is 2.11. The summed E-state index contributed by atoms with van der Waals surface area (Å²) in [4.78, 5) is 15.1. The average molecular weight is 451 g/mol. The van der Waals surface area contributed by atoms with E-state index in [0.29, 0.717) is 6.54 Å².